The van der Waals surface area contributed by atoms with Gasteiger partial charge in [0.15, 0.2) is 0 Å². The van der Waals surface area contributed by atoms with Gasteiger partial charge in [0, 0.05) is 0 Å². The molecule has 0 saturated heterocycles. The summed E-state index contributed by atoms with van der Waals surface area (Å²) >= 11 is 0. The topological polar surface area (TPSA) is 221 Å². The van der Waals surface area contributed by atoms with Crippen molar-refractivity contribution < 1.29 is 47.8 Å². The van der Waals surface area contributed by atoms with Crippen LogP contribution in [-0.4, -0.2) is 83.5 Å². The molecule has 382 valence electrons. The van der Waals surface area contributed by atoms with Crippen LogP contribution in [0, 0.1) is 23.7 Å². The Kier molecular flexibility index (Phi) is 29.1. The SMILES string of the molecule is CCCCCCCCCCCC(CC(=O)OCc1ccccc1)OC(=O)[C@@H](NC(=O)[C@H](CC(C)C)NC(=O)[C@H](CC(=O)OC(C)(C)C)NC(=O)[C@@H](NC(=O)[C@H](N)CC(C)C)C(C)C)[C@@H](C)CC. The Morgan fingerprint density at radius 1 is 0.612 bits per heavy atom. The fourth-order valence-corrected chi connectivity index (χ4v) is 7.43. The molecule has 0 aromatic heterocycles. The average molecular weight is 944 g/mol. The molecule has 0 heterocycles. The van der Waals surface area contributed by atoms with Crippen LogP contribution < -0.4 is 27.0 Å². The Bertz CT molecular complexity index is 1650. The van der Waals surface area contributed by atoms with Crippen molar-refractivity contribution in [1.82, 2.24) is 21.3 Å². The molecule has 0 aliphatic heterocycles. The number of esters is 3. The van der Waals surface area contributed by atoms with Gasteiger partial charge >= 0.3 is 17.9 Å². The number of carbonyl (C=O) groups is 7. The van der Waals surface area contributed by atoms with Gasteiger partial charge in [-0.3, -0.25) is 28.8 Å². The summed E-state index contributed by atoms with van der Waals surface area (Å²) in [5.74, 6) is -5.59. The van der Waals surface area contributed by atoms with E-state index in [-0.39, 0.29) is 31.3 Å². The number of rotatable bonds is 33. The van der Waals surface area contributed by atoms with Crippen molar-refractivity contribution in [1.29, 1.82) is 0 Å². The second-order valence-electron chi connectivity index (χ2n) is 20.4. The molecule has 0 radical (unpaired) electrons. The largest absolute Gasteiger partial charge is 0.461 e. The molecule has 15 nitrogen and oxygen atoms in total. The van der Waals surface area contributed by atoms with E-state index in [1.807, 2.05) is 65.0 Å². The summed E-state index contributed by atoms with van der Waals surface area (Å²) in [6.07, 6.45) is 9.78. The Morgan fingerprint density at radius 3 is 1.69 bits per heavy atom. The van der Waals surface area contributed by atoms with E-state index in [0.29, 0.717) is 19.3 Å². The zero-order valence-electron chi connectivity index (χ0n) is 43.1. The number of hydrogen-bond donors (Lipinski definition) is 5. The van der Waals surface area contributed by atoms with Crippen LogP contribution in [0.4, 0.5) is 0 Å². The summed E-state index contributed by atoms with van der Waals surface area (Å²) in [4.78, 5) is 95.7. The molecule has 0 fully saturated rings. The number of benzene rings is 1. The molecule has 0 bridgehead atoms. The van der Waals surface area contributed by atoms with E-state index in [2.05, 4.69) is 28.2 Å². The van der Waals surface area contributed by atoms with E-state index < -0.39 is 102 Å². The molecule has 0 aliphatic rings. The van der Waals surface area contributed by atoms with E-state index >= 15 is 0 Å². The Balaban J connectivity index is 3.36. The van der Waals surface area contributed by atoms with Crippen LogP contribution in [0.3, 0.4) is 0 Å². The third kappa shape index (κ3) is 26.6. The maximum atomic E-state index is 14.3. The third-order valence-electron chi connectivity index (χ3n) is 11.4. The molecule has 7 atom stereocenters. The van der Waals surface area contributed by atoms with Crippen LogP contribution in [0.1, 0.15) is 185 Å². The second kappa shape index (κ2) is 32.3. The van der Waals surface area contributed by atoms with Gasteiger partial charge in [0.25, 0.3) is 0 Å². The van der Waals surface area contributed by atoms with Crippen molar-refractivity contribution >= 4 is 41.5 Å². The standard InChI is InChI=1S/C52H89N5O10/c1-13-15-16-17-18-19-20-21-25-28-39(31-43(58)65-33-38-26-23-22-24-27-38)66-51(64)46(37(9)14-2)57-49(62)41(30-35(5)6)54-48(61)42(32-44(59)67-52(10,11)12)55-50(63)45(36(7)8)56-47(60)40(53)29-34(3)4/h22-24,26-27,34-37,39-42,45-46H,13-21,25,28-33,53H2,1-12H3,(H,54,61)(H,55,63)(H,56,60)(H,57,62)/t37-,39?,40+,41-,42-,45-,46-/m0/s1. The molecule has 15 heteroatoms. The number of hydrogen-bond acceptors (Lipinski definition) is 11. The molecule has 1 rings (SSSR count). The lowest BCUT2D eigenvalue weighted by Gasteiger charge is -2.30. The van der Waals surface area contributed by atoms with Crippen LogP contribution >= 0.6 is 0 Å². The van der Waals surface area contributed by atoms with Crippen LogP contribution in [0.5, 0.6) is 0 Å². The lowest BCUT2D eigenvalue weighted by molar-refractivity contribution is -0.160. The van der Waals surface area contributed by atoms with Crippen LogP contribution in [0.15, 0.2) is 30.3 Å². The zero-order valence-corrected chi connectivity index (χ0v) is 43.1. The highest BCUT2D eigenvalue weighted by Gasteiger charge is 2.37. The second-order valence-corrected chi connectivity index (χ2v) is 20.4. The van der Waals surface area contributed by atoms with Gasteiger partial charge in [-0.25, -0.2) is 4.79 Å². The molecule has 0 aliphatic carbocycles. The average Bonchev–Trinajstić information content (AvgIpc) is 3.24. The first kappa shape index (κ1) is 60.5. The fraction of sp³-hybridized carbons (Fsp3) is 0.750. The lowest BCUT2D eigenvalue weighted by atomic mass is 9.97. The Morgan fingerprint density at radius 2 is 1.15 bits per heavy atom. The highest BCUT2D eigenvalue weighted by Crippen LogP contribution is 2.19. The van der Waals surface area contributed by atoms with Crippen molar-refractivity contribution in [2.45, 2.75) is 228 Å². The molecule has 0 spiro atoms. The first-order valence-corrected chi connectivity index (χ1v) is 25.1. The summed E-state index contributed by atoms with van der Waals surface area (Å²) in [6, 6.07) is 3.48. The van der Waals surface area contributed by atoms with Crippen molar-refractivity contribution in [2.75, 3.05) is 0 Å². The van der Waals surface area contributed by atoms with E-state index in [9.17, 15) is 33.6 Å². The summed E-state index contributed by atoms with van der Waals surface area (Å²) < 4.78 is 17.1. The number of nitrogens with two attached hydrogens (primary N) is 1. The Labute approximate surface area is 402 Å². The van der Waals surface area contributed by atoms with Gasteiger partial charge < -0.3 is 41.2 Å². The quantitative estimate of drug-likeness (QED) is 0.0261. The van der Waals surface area contributed by atoms with E-state index in [0.717, 1.165) is 31.2 Å². The van der Waals surface area contributed by atoms with Gasteiger partial charge in [0.2, 0.25) is 23.6 Å². The number of unbranched alkanes of at least 4 members (excludes halogenated alkanes) is 8. The molecule has 1 unspecified atom stereocenters. The minimum Gasteiger partial charge on any atom is -0.461 e. The highest BCUT2D eigenvalue weighted by atomic mass is 16.6. The van der Waals surface area contributed by atoms with Gasteiger partial charge in [0.05, 0.1) is 18.9 Å². The number of amides is 4. The van der Waals surface area contributed by atoms with Crippen molar-refractivity contribution in [3.05, 3.63) is 35.9 Å². The van der Waals surface area contributed by atoms with E-state index in [1.165, 1.54) is 32.1 Å². The van der Waals surface area contributed by atoms with Crippen molar-refractivity contribution in [3.8, 4) is 0 Å². The van der Waals surface area contributed by atoms with Gasteiger partial charge in [-0.15, -0.1) is 0 Å². The van der Waals surface area contributed by atoms with Gasteiger partial charge in [-0.05, 0) is 75.7 Å². The number of nitrogens with one attached hydrogen (secondary N) is 4. The first-order chi connectivity index (χ1) is 31.5. The molecule has 67 heavy (non-hydrogen) atoms. The molecule has 0 saturated carbocycles. The molecule has 6 N–H and O–H groups in total. The number of carbonyl (C=O) groups excluding carboxylic acids is 7. The predicted molar refractivity (Wildman–Crippen MR) is 262 cm³/mol. The monoisotopic (exact) mass is 944 g/mol. The lowest BCUT2D eigenvalue weighted by Crippen LogP contribution is -2.60. The zero-order chi connectivity index (χ0) is 50.7. The smallest absolute Gasteiger partial charge is 0.329 e. The minimum atomic E-state index is -1.51. The van der Waals surface area contributed by atoms with Crippen LogP contribution in [0.2, 0.25) is 0 Å². The maximum Gasteiger partial charge on any atom is 0.329 e. The summed E-state index contributed by atoms with van der Waals surface area (Å²) in [7, 11) is 0. The number of ether oxygens (including phenoxy) is 3. The van der Waals surface area contributed by atoms with Gasteiger partial charge in [0.1, 0.15) is 42.5 Å². The van der Waals surface area contributed by atoms with Crippen LogP contribution in [-0.2, 0) is 54.4 Å². The van der Waals surface area contributed by atoms with Gasteiger partial charge in [-0.1, -0.05) is 150 Å². The molecular formula is C52H89N5O10. The molecule has 1 aromatic rings. The van der Waals surface area contributed by atoms with E-state index in [1.54, 1.807) is 41.5 Å². The predicted octanol–water partition coefficient (Wildman–Crippen LogP) is 7.75. The van der Waals surface area contributed by atoms with Crippen LogP contribution in [0.25, 0.3) is 0 Å². The van der Waals surface area contributed by atoms with Gasteiger partial charge in [-0.2, -0.15) is 0 Å². The molecule has 4 amide bonds. The van der Waals surface area contributed by atoms with Crippen molar-refractivity contribution in [3.63, 3.8) is 0 Å². The maximum absolute atomic E-state index is 14.3. The Hall–Kier alpha value is -4.53. The normalized spacial score (nSPS) is 14.8. The third-order valence-corrected chi connectivity index (χ3v) is 11.4. The highest BCUT2D eigenvalue weighted by molar-refractivity contribution is 5.97. The van der Waals surface area contributed by atoms with E-state index in [4.69, 9.17) is 19.9 Å². The summed E-state index contributed by atoms with van der Waals surface area (Å²) in [5, 5.41) is 10.9. The first-order valence-electron chi connectivity index (χ1n) is 25.1. The summed E-state index contributed by atoms with van der Waals surface area (Å²) in [6.45, 7) is 22.0. The summed E-state index contributed by atoms with van der Waals surface area (Å²) in [5.41, 5.74) is 6.03. The molecule has 1 aromatic carbocycles. The molecular weight excluding hydrogens is 855 g/mol. The fourth-order valence-electron chi connectivity index (χ4n) is 7.43. The van der Waals surface area contributed by atoms with Crippen molar-refractivity contribution in [2.24, 2.45) is 29.4 Å². The minimum absolute atomic E-state index is 0.0806.